The van der Waals surface area contributed by atoms with Crippen molar-refractivity contribution in [1.82, 2.24) is 0 Å². The monoisotopic (exact) mass is 284 g/mol. The van der Waals surface area contributed by atoms with Gasteiger partial charge in [0.05, 0.1) is 5.56 Å². The number of hydrogen-bond acceptors (Lipinski definition) is 2. The maximum atomic E-state index is 11.1. The standard InChI is InChI=1S/C17H16O2S/c1-2-20-15-11-8-13(9-12-15)7-10-14-5-3-4-6-16(14)17(18)19/h3-12H,2H2,1H3,(H,18,19). The Bertz CT molecular complexity index is 615. The van der Waals surface area contributed by atoms with E-state index < -0.39 is 5.97 Å². The van der Waals surface area contributed by atoms with Crippen molar-refractivity contribution in [2.45, 2.75) is 11.8 Å². The summed E-state index contributed by atoms with van der Waals surface area (Å²) in [6.07, 6.45) is 3.77. The first kappa shape index (κ1) is 14.4. The Morgan fingerprint density at radius 3 is 2.45 bits per heavy atom. The van der Waals surface area contributed by atoms with Gasteiger partial charge in [-0.15, -0.1) is 11.8 Å². The van der Waals surface area contributed by atoms with Crippen LogP contribution in [0.1, 0.15) is 28.4 Å². The minimum absolute atomic E-state index is 0.321. The molecule has 0 bridgehead atoms. The van der Waals surface area contributed by atoms with Crippen LogP contribution in [-0.2, 0) is 0 Å². The molecule has 0 fully saturated rings. The molecule has 2 aromatic rings. The van der Waals surface area contributed by atoms with Gasteiger partial charge < -0.3 is 5.11 Å². The summed E-state index contributed by atoms with van der Waals surface area (Å²) >= 11 is 1.80. The average molecular weight is 284 g/mol. The molecule has 0 heterocycles. The quantitative estimate of drug-likeness (QED) is 0.640. The van der Waals surface area contributed by atoms with Gasteiger partial charge in [-0.05, 0) is 35.1 Å². The van der Waals surface area contributed by atoms with Crippen molar-refractivity contribution in [1.29, 1.82) is 0 Å². The van der Waals surface area contributed by atoms with Crippen LogP contribution in [0.15, 0.2) is 53.4 Å². The lowest BCUT2D eigenvalue weighted by molar-refractivity contribution is 0.0696. The minimum atomic E-state index is -0.903. The largest absolute Gasteiger partial charge is 0.478 e. The maximum Gasteiger partial charge on any atom is 0.336 e. The van der Waals surface area contributed by atoms with Crippen molar-refractivity contribution in [3.63, 3.8) is 0 Å². The number of carboxylic acids is 1. The van der Waals surface area contributed by atoms with E-state index in [4.69, 9.17) is 5.11 Å². The van der Waals surface area contributed by atoms with Crippen LogP contribution in [0.5, 0.6) is 0 Å². The lowest BCUT2D eigenvalue weighted by atomic mass is 10.1. The maximum absolute atomic E-state index is 11.1. The van der Waals surface area contributed by atoms with Crippen molar-refractivity contribution in [3.8, 4) is 0 Å². The van der Waals surface area contributed by atoms with Crippen molar-refractivity contribution in [3.05, 3.63) is 65.2 Å². The highest BCUT2D eigenvalue weighted by Crippen LogP contribution is 2.19. The average Bonchev–Trinajstić information content (AvgIpc) is 2.47. The third kappa shape index (κ3) is 3.75. The fraction of sp³-hybridized carbons (Fsp3) is 0.118. The van der Waals surface area contributed by atoms with Gasteiger partial charge in [-0.3, -0.25) is 0 Å². The molecule has 0 saturated heterocycles. The van der Waals surface area contributed by atoms with Crippen molar-refractivity contribution < 1.29 is 9.90 Å². The summed E-state index contributed by atoms with van der Waals surface area (Å²) in [7, 11) is 0. The molecular weight excluding hydrogens is 268 g/mol. The van der Waals surface area contributed by atoms with Crippen molar-refractivity contribution in [2.75, 3.05) is 5.75 Å². The SMILES string of the molecule is CCSc1ccc(C=Cc2ccccc2C(=O)O)cc1. The summed E-state index contributed by atoms with van der Waals surface area (Å²) in [6, 6.07) is 15.2. The topological polar surface area (TPSA) is 37.3 Å². The van der Waals surface area contributed by atoms with Crippen molar-refractivity contribution in [2.24, 2.45) is 0 Å². The zero-order chi connectivity index (χ0) is 14.4. The van der Waals surface area contributed by atoms with Crippen molar-refractivity contribution >= 4 is 29.9 Å². The predicted molar refractivity (Wildman–Crippen MR) is 85.2 cm³/mol. The number of rotatable bonds is 5. The molecule has 0 aromatic heterocycles. The highest BCUT2D eigenvalue weighted by Gasteiger charge is 2.05. The second kappa shape index (κ2) is 6.96. The van der Waals surface area contributed by atoms with E-state index >= 15 is 0 Å². The van der Waals surface area contributed by atoms with Crippen LogP contribution < -0.4 is 0 Å². The molecule has 102 valence electrons. The molecule has 0 aliphatic carbocycles. The summed E-state index contributed by atoms with van der Waals surface area (Å²) in [4.78, 5) is 12.4. The summed E-state index contributed by atoms with van der Waals surface area (Å²) < 4.78 is 0. The van der Waals surface area contributed by atoms with Crippen LogP contribution in [0.4, 0.5) is 0 Å². The Morgan fingerprint density at radius 2 is 1.80 bits per heavy atom. The second-order valence-corrected chi connectivity index (χ2v) is 5.57. The number of thioether (sulfide) groups is 1. The van der Waals surface area contributed by atoms with Crippen LogP contribution in [0.25, 0.3) is 12.2 Å². The minimum Gasteiger partial charge on any atom is -0.478 e. The molecule has 0 unspecified atom stereocenters. The van der Waals surface area contributed by atoms with Crippen LogP contribution in [0.2, 0.25) is 0 Å². The highest BCUT2D eigenvalue weighted by molar-refractivity contribution is 7.99. The summed E-state index contributed by atoms with van der Waals surface area (Å²) in [5.41, 5.74) is 2.10. The molecule has 2 rings (SSSR count). The molecule has 0 aliphatic heterocycles. The van der Waals surface area contributed by atoms with Gasteiger partial charge >= 0.3 is 5.97 Å². The Kier molecular flexibility index (Phi) is 5.02. The van der Waals surface area contributed by atoms with Crippen LogP contribution >= 0.6 is 11.8 Å². The molecule has 0 aliphatic rings. The normalized spacial score (nSPS) is 10.8. The van der Waals surface area contributed by atoms with E-state index in [9.17, 15) is 4.79 Å². The van der Waals surface area contributed by atoms with E-state index in [1.807, 2.05) is 30.4 Å². The van der Waals surface area contributed by atoms with Gasteiger partial charge in [-0.1, -0.05) is 49.4 Å². The lowest BCUT2D eigenvalue weighted by Gasteiger charge is -2.01. The summed E-state index contributed by atoms with van der Waals surface area (Å²) in [5.74, 6) is 0.154. The van der Waals surface area contributed by atoms with E-state index in [-0.39, 0.29) is 0 Å². The Labute approximate surface area is 123 Å². The Balaban J connectivity index is 2.19. The lowest BCUT2D eigenvalue weighted by Crippen LogP contribution is -1.98. The van der Waals surface area contributed by atoms with Crippen LogP contribution in [0.3, 0.4) is 0 Å². The molecule has 2 nitrogen and oxygen atoms in total. The number of aromatic carboxylic acids is 1. The molecule has 0 saturated carbocycles. The molecule has 0 spiro atoms. The van der Waals surface area contributed by atoms with Gasteiger partial charge in [0.1, 0.15) is 0 Å². The number of hydrogen-bond donors (Lipinski definition) is 1. The van der Waals surface area contributed by atoms with E-state index in [1.54, 1.807) is 30.0 Å². The smallest absolute Gasteiger partial charge is 0.336 e. The first-order valence-electron chi connectivity index (χ1n) is 6.44. The van der Waals surface area contributed by atoms with Crippen LogP contribution in [0, 0.1) is 0 Å². The molecule has 2 aromatic carbocycles. The van der Waals surface area contributed by atoms with Crippen LogP contribution in [-0.4, -0.2) is 16.8 Å². The van der Waals surface area contributed by atoms with Gasteiger partial charge in [0.15, 0.2) is 0 Å². The molecule has 3 heteroatoms. The Hall–Kier alpha value is -2.00. The number of benzene rings is 2. The molecule has 0 atom stereocenters. The van der Waals surface area contributed by atoms with Gasteiger partial charge in [-0.2, -0.15) is 0 Å². The highest BCUT2D eigenvalue weighted by atomic mass is 32.2. The first-order chi connectivity index (χ1) is 9.70. The fourth-order valence-corrected chi connectivity index (χ4v) is 2.53. The Morgan fingerprint density at radius 1 is 1.10 bits per heavy atom. The molecule has 20 heavy (non-hydrogen) atoms. The van der Waals surface area contributed by atoms with Gasteiger partial charge in [0.2, 0.25) is 0 Å². The second-order valence-electron chi connectivity index (χ2n) is 4.23. The van der Waals surface area contributed by atoms with E-state index in [0.717, 1.165) is 11.3 Å². The zero-order valence-corrected chi connectivity index (χ0v) is 12.1. The van der Waals surface area contributed by atoms with E-state index in [1.165, 1.54) is 4.90 Å². The zero-order valence-electron chi connectivity index (χ0n) is 11.2. The van der Waals surface area contributed by atoms with E-state index in [2.05, 4.69) is 19.1 Å². The van der Waals surface area contributed by atoms with Gasteiger partial charge in [0, 0.05) is 4.90 Å². The first-order valence-corrected chi connectivity index (χ1v) is 7.42. The van der Waals surface area contributed by atoms with E-state index in [0.29, 0.717) is 11.1 Å². The predicted octanol–water partition coefficient (Wildman–Crippen LogP) is 4.67. The molecule has 0 radical (unpaired) electrons. The van der Waals surface area contributed by atoms with Gasteiger partial charge in [0.25, 0.3) is 0 Å². The molecule has 0 amide bonds. The summed E-state index contributed by atoms with van der Waals surface area (Å²) in [6.45, 7) is 2.13. The molecular formula is C17H16O2S. The number of carboxylic acid groups (broad SMARTS) is 1. The van der Waals surface area contributed by atoms with Gasteiger partial charge in [-0.25, -0.2) is 4.79 Å². The molecule has 1 N–H and O–H groups in total. The fourth-order valence-electron chi connectivity index (χ4n) is 1.86. The third-order valence-corrected chi connectivity index (χ3v) is 3.73. The summed E-state index contributed by atoms with van der Waals surface area (Å²) in [5, 5.41) is 9.12. The number of carbonyl (C=O) groups is 1. The third-order valence-electron chi connectivity index (χ3n) is 2.84.